The third-order valence-corrected chi connectivity index (χ3v) is 3.33. The van der Waals surface area contributed by atoms with Crippen molar-refractivity contribution in [1.29, 1.82) is 0 Å². The quantitative estimate of drug-likeness (QED) is 0.785. The fourth-order valence-corrected chi connectivity index (χ4v) is 2.09. The predicted molar refractivity (Wildman–Crippen MR) is 79.6 cm³/mol. The Kier molecular flexibility index (Phi) is 4.96. The molecule has 2 aromatic rings. The van der Waals surface area contributed by atoms with Gasteiger partial charge in [-0.2, -0.15) is 13.2 Å². The zero-order valence-electron chi connectivity index (χ0n) is 12.9. The van der Waals surface area contributed by atoms with E-state index in [0.29, 0.717) is 22.6 Å². The van der Waals surface area contributed by atoms with Crippen LogP contribution < -0.4 is 15.0 Å². The summed E-state index contributed by atoms with van der Waals surface area (Å²) in [4.78, 5) is 24.1. The lowest BCUT2D eigenvalue weighted by molar-refractivity contribution is -0.138. The molecule has 5 nitrogen and oxygen atoms in total. The first-order chi connectivity index (χ1) is 11.3. The Morgan fingerprint density at radius 1 is 1.12 bits per heavy atom. The Bertz CT molecular complexity index is 812. The summed E-state index contributed by atoms with van der Waals surface area (Å²) in [5.74, 6) is 0.0449. The molecular formula is C16H14F3NO4. The van der Waals surface area contributed by atoms with E-state index in [0.717, 1.165) is 6.07 Å². The zero-order valence-corrected chi connectivity index (χ0v) is 12.9. The largest absolute Gasteiger partial charge is 0.497 e. The highest BCUT2D eigenvalue weighted by atomic mass is 19.4. The highest BCUT2D eigenvalue weighted by molar-refractivity contribution is 5.99. The molecule has 0 spiro atoms. The van der Waals surface area contributed by atoms with Gasteiger partial charge in [0.2, 0.25) is 0 Å². The van der Waals surface area contributed by atoms with E-state index in [4.69, 9.17) is 9.47 Å². The Morgan fingerprint density at radius 3 is 2.42 bits per heavy atom. The molecule has 0 unspecified atom stereocenters. The zero-order chi connectivity index (χ0) is 17.9. The number of hydrogen-bond donors (Lipinski definition) is 0. The van der Waals surface area contributed by atoms with Crippen LogP contribution in [0, 0.1) is 0 Å². The number of carbonyl (C=O) groups excluding carboxylic acids is 1. The Hall–Kier alpha value is -2.77. The number of Topliss-reactive ketones (excluding diaryl/α,β-unsaturated/α-hetero) is 1. The maximum absolute atomic E-state index is 12.7. The number of hydrogen-bond acceptors (Lipinski definition) is 4. The van der Waals surface area contributed by atoms with Gasteiger partial charge in [-0.15, -0.1) is 0 Å². The fraction of sp³-hybridized carbons (Fsp3) is 0.250. The molecule has 1 aromatic carbocycles. The third kappa shape index (κ3) is 3.76. The second kappa shape index (κ2) is 6.77. The summed E-state index contributed by atoms with van der Waals surface area (Å²) in [6, 6.07) is 5.93. The molecule has 0 aliphatic rings. The van der Waals surface area contributed by atoms with Crippen LogP contribution in [-0.4, -0.2) is 24.6 Å². The summed E-state index contributed by atoms with van der Waals surface area (Å²) in [5.41, 5.74) is -1.60. The van der Waals surface area contributed by atoms with E-state index in [1.165, 1.54) is 26.4 Å². The SMILES string of the molecule is COc1ccc(OC)c(C(=O)Cn2cc(C(F)(F)F)ccc2=O)c1. The van der Waals surface area contributed by atoms with E-state index < -0.39 is 29.6 Å². The van der Waals surface area contributed by atoms with Gasteiger partial charge in [-0.3, -0.25) is 9.59 Å². The van der Waals surface area contributed by atoms with Gasteiger partial charge in [-0.1, -0.05) is 0 Å². The maximum atomic E-state index is 12.7. The molecular weight excluding hydrogens is 327 g/mol. The van der Waals surface area contributed by atoms with Gasteiger partial charge in [0.25, 0.3) is 5.56 Å². The summed E-state index contributed by atoms with van der Waals surface area (Å²) in [5, 5.41) is 0. The first-order valence-corrected chi connectivity index (χ1v) is 6.79. The number of ether oxygens (including phenoxy) is 2. The predicted octanol–water partition coefficient (Wildman–Crippen LogP) is 2.77. The van der Waals surface area contributed by atoms with Crippen molar-refractivity contribution >= 4 is 5.78 Å². The molecule has 8 heteroatoms. The van der Waals surface area contributed by atoms with Gasteiger partial charge in [0.05, 0.1) is 31.9 Å². The molecule has 0 saturated heterocycles. The van der Waals surface area contributed by atoms with Crippen molar-refractivity contribution in [2.24, 2.45) is 0 Å². The molecule has 0 N–H and O–H groups in total. The lowest BCUT2D eigenvalue weighted by Crippen LogP contribution is -2.25. The van der Waals surface area contributed by atoms with Crippen LogP contribution in [0.4, 0.5) is 13.2 Å². The summed E-state index contributed by atoms with van der Waals surface area (Å²) in [6.07, 6.45) is -3.99. The standard InChI is InChI=1S/C16H14F3NO4/c1-23-11-4-5-14(24-2)12(7-11)13(21)9-20-8-10(16(17,18)19)3-6-15(20)22/h3-8H,9H2,1-2H3. The molecule has 0 radical (unpaired) electrons. The molecule has 2 rings (SSSR count). The van der Waals surface area contributed by atoms with Crippen molar-refractivity contribution in [1.82, 2.24) is 4.57 Å². The maximum Gasteiger partial charge on any atom is 0.417 e. The number of halogens is 3. The van der Waals surface area contributed by atoms with Crippen LogP contribution in [0.5, 0.6) is 11.5 Å². The second-order valence-corrected chi connectivity index (χ2v) is 4.87. The topological polar surface area (TPSA) is 57.5 Å². The van der Waals surface area contributed by atoms with Crippen molar-refractivity contribution in [3.05, 3.63) is 58.0 Å². The molecule has 0 saturated carbocycles. The van der Waals surface area contributed by atoms with Crippen molar-refractivity contribution in [2.45, 2.75) is 12.7 Å². The Labute approximate surface area is 135 Å². The van der Waals surface area contributed by atoms with Crippen LogP contribution in [0.1, 0.15) is 15.9 Å². The highest BCUT2D eigenvalue weighted by Gasteiger charge is 2.31. The van der Waals surface area contributed by atoms with Crippen molar-refractivity contribution < 1.29 is 27.4 Å². The van der Waals surface area contributed by atoms with Crippen LogP contribution in [0.15, 0.2) is 41.3 Å². The number of nitrogens with zero attached hydrogens (tertiary/aromatic N) is 1. The molecule has 128 valence electrons. The Morgan fingerprint density at radius 2 is 1.83 bits per heavy atom. The monoisotopic (exact) mass is 341 g/mol. The van der Waals surface area contributed by atoms with Gasteiger partial charge in [0.15, 0.2) is 5.78 Å². The van der Waals surface area contributed by atoms with Gasteiger partial charge < -0.3 is 14.0 Å². The smallest absolute Gasteiger partial charge is 0.417 e. The minimum absolute atomic E-state index is 0.112. The van der Waals surface area contributed by atoms with Gasteiger partial charge in [-0.05, 0) is 24.3 Å². The van der Waals surface area contributed by atoms with Crippen LogP contribution in [0.2, 0.25) is 0 Å². The molecule has 0 atom stereocenters. The van der Waals surface area contributed by atoms with Crippen LogP contribution in [0.25, 0.3) is 0 Å². The van der Waals surface area contributed by atoms with Gasteiger partial charge in [0.1, 0.15) is 11.5 Å². The van der Waals surface area contributed by atoms with Crippen LogP contribution >= 0.6 is 0 Å². The lowest BCUT2D eigenvalue weighted by Gasteiger charge is -2.12. The number of aromatic nitrogens is 1. The minimum Gasteiger partial charge on any atom is -0.497 e. The van der Waals surface area contributed by atoms with Gasteiger partial charge in [-0.25, -0.2) is 0 Å². The highest BCUT2D eigenvalue weighted by Crippen LogP contribution is 2.28. The van der Waals surface area contributed by atoms with Gasteiger partial charge in [0, 0.05) is 12.3 Å². The van der Waals surface area contributed by atoms with E-state index in [9.17, 15) is 22.8 Å². The molecule has 0 amide bonds. The normalized spacial score (nSPS) is 11.2. The number of rotatable bonds is 5. The van der Waals surface area contributed by atoms with E-state index in [1.54, 1.807) is 6.07 Å². The van der Waals surface area contributed by atoms with E-state index in [2.05, 4.69) is 0 Å². The van der Waals surface area contributed by atoms with Crippen molar-refractivity contribution in [3.63, 3.8) is 0 Å². The van der Waals surface area contributed by atoms with E-state index in [1.807, 2.05) is 0 Å². The van der Waals surface area contributed by atoms with Crippen LogP contribution in [0.3, 0.4) is 0 Å². The first-order valence-electron chi connectivity index (χ1n) is 6.79. The number of benzene rings is 1. The summed E-state index contributed by atoms with van der Waals surface area (Å²) >= 11 is 0. The average Bonchev–Trinajstić information content (AvgIpc) is 2.55. The Balaban J connectivity index is 2.38. The van der Waals surface area contributed by atoms with E-state index in [-0.39, 0.29) is 11.3 Å². The third-order valence-electron chi connectivity index (χ3n) is 3.33. The van der Waals surface area contributed by atoms with E-state index >= 15 is 0 Å². The molecule has 0 bridgehead atoms. The fourth-order valence-electron chi connectivity index (χ4n) is 2.09. The minimum atomic E-state index is -4.61. The second-order valence-electron chi connectivity index (χ2n) is 4.87. The molecule has 0 aliphatic heterocycles. The van der Waals surface area contributed by atoms with Crippen LogP contribution in [-0.2, 0) is 12.7 Å². The molecule has 0 aliphatic carbocycles. The average molecular weight is 341 g/mol. The number of methoxy groups -OCH3 is 2. The molecule has 1 aromatic heterocycles. The molecule has 0 fully saturated rings. The number of alkyl halides is 3. The molecule has 24 heavy (non-hydrogen) atoms. The number of carbonyl (C=O) groups is 1. The summed E-state index contributed by atoms with van der Waals surface area (Å²) in [7, 11) is 2.77. The lowest BCUT2D eigenvalue weighted by atomic mass is 10.1. The van der Waals surface area contributed by atoms with Gasteiger partial charge >= 0.3 is 6.18 Å². The summed E-state index contributed by atoms with van der Waals surface area (Å²) < 4.78 is 49.0. The molecule has 1 heterocycles. The summed E-state index contributed by atoms with van der Waals surface area (Å²) in [6.45, 7) is -0.549. The van der Waals surface area contributed by atoms with Crippen molar-refractivity contribution in [2.75, 3.05) is 14.2 Å². The van der Waals surface area contributed by atoms with Crippen molar-refractivity contribution in [3.8, 4) is 11.5 Å². The first kappa shape index (κ1) is 17.6. The number of pyridine rings is 1. The number of ketones is 1.